The second-order valence-corrected chi connectivity index (χ2v) is 4.86. The third kappa shape index (κ3) is 2.62. The molecular weight excluding hydrogens is 232 g/mol. The summed E-state index contributed by atoms with van der Waals surface area (Å²) < 4.78 is 0. The molecule has 2 heterocycles. The van der Waals surface area contributed by atoms with Crippen LogP contribution >= 0.6 is 11.3 Å². The Morgan fingerprint density at radius 1 is 1.47 bits per heavy atom. The Morgan fingerprint density at radius 2 is 2.29 bits per heavy atom. The van der Waals surface area contributed by atoms with E-state index in [0.29, 0.717) is 6.54 Å². The highest BCUT2D eigenvalue weighted by atomic mass is 32.1. The van der Waals surface area contributed by atoms with Crippen LogP contribution < -0.4 is 10.6 Å². The fourth-order valence-corrected chi connectivity index (χ4v) is 2.56. The van der Waals surface area contributed by atoms with E-state index in [1.165, 1.54) is 4.88 Å². The molecule has 0 amide bonds. The maximum absolute atomic E-state index is 5.72. The van der Waals surface area contributed by atoms with Crippen molar-refractivity contribution in [3.63, 3.8) is 0 Å². The Kier molecular flexibility index (Phi) is 3.71. The maximum atomic E-state index is 5.72. The molecular formula is C12H16N4S. The lowest BCUT2D eigenvalue weighted by molar-refractivity contribution is 0.901. The van der Waals surface area contributed by atoms with Gasteiger partial charge < -0.3 is 10.6 Å². The highest BCUT2D eigenvalue weighted by Gasteiger charge is 2.09. The fraction of sp³-hybridized carbons (Fsp3) is 0.333. The lowest BCUT2D eigenvalue weighted by Crippen LogP contribution is -2.19. The highest BCUT2D eigenvalue weighted by Crippen LogP contribution is 2.22. The summed E-state index contributed by atoms with van der Waals surface area (Å²) in [6.45, 7) is 3.40. The Hall–Kier alpha value is -1.46. The molecule has 2 rings (SSSR count). The van der Waals surface area contributed by atoms with E-state index in [9.17, 15) is 0 Å². The molecule has 0 saturated heterocycles. The number of hydrogen-bond donors (Lipinski definition) is 1. The van der Waals surface area contributed by atoms with Crippen LogP contribution in [0.2, 0.25) is 0 Å². The average molecular weight is 248 g/mol. The molecule has 0 radical (unpaired) electrons. The first-order valence-electron chi connectivity index (χ1n) is 5.45. The molecule has 0 aliphatic heterocycles. The highest BCUT2D eigenvalue weighted by molar-refractivity contribution is 7.09. The molecule has 0 aliphatic carbocycles. The van der Waals surface area contributed by atoms with Crippen molar-refractivity contribution in [1.82, 2.24) is 9.97 Å². The Balaban J connectivity index is 2.20. The lowest BCUT2D eigenvalue weighted by Gasteiger charge is -2.21. The molecule has 2 aromatic heterocycles. The summed E-state index contributed by atoms with van der Waals surface area (Å²) in [5.41, 5.74) is 10.9. The summed E-state index contributed by atoms with van der Waals surface area (Å²) in [5.74, 6) is 0. The van der Waals surface area contributed by atoms with Crippen LogP contribution in [0.4, 0.5) is 5.69 Å². The monoisotopic (exact) mass is 248 g/mol. The van der Waals surface area contributed by atoms with E-state index in [1.807, 2.05) is 24.7 Å². The van der Waals surface area contributed by atoms with Gasteiger partial charge in [-0.1, -0.05) is 0 Å². The summed E-state index contributed by atoms with van der Waals surface area (Å²) in [6, 6.07) is 2.00. The molecule has 17 heavy (non-hydrogen) atoms. The Labute approximate surface area is 105 Å². The number of aromatic nitrogens is 2. The van der Waals surface area contributed by atoms with Crippen molar-refractivity contribution >= 4 is 17.0 Å². The molecule has 0 unspecified atom stereocenters. The maximum Gasteiger partial charge on any atom is 0.0798 e. The van der Waals surface area contributed by atoms with E-state index in [-0.39, 0.29) is 0 Å². The van der Waals surface area contributed by atoms with Gasteiger partial charge in [0.05, 0.1) is 17.7 Å². The van der Waals surface area contributed by atoms with Crippen LogP contribution in [0.5, 0.6) is 0 Å². The number of hydrogen-bond acceptors (Lipinski definition) is 5. The van der Waals surface area contributed by atoms with Gasteiger partial charge in [0.15, 0.2) is 0 Å². The van der Waals surface area contributed by atoms with E-state index in [1.54, 1.807) is 17.5 Å². The summed E-state index contributed by atoms with van der Waals surface area (Å²) in [4.78, 5) is 11.8. The zero-order chi connectivity index (χ0) is 12.3. The standard InChI is InChI=1S/C12H16N4S/c1-9-12(17-8-15-9)7-16(2)11-3-4-14-6-10(11)5-13/h3-4,6,8H,5,7,13H2,1-2H3. The van der Waals surface area contributed by atoms with Gasteiger partial charge in [0.25, 0.3) is 0 Å². The summed E-state index contributed by atoms with van der Waals surface area (Å²) in [6.07, 6.45) is 3.62. The third-order valence-corrected chi connectivity index (χ3v) is 3.65. The van der Waals surface area contributed by atoms with Gasteiger partial charge >= 0.3 is 0 Å². The topological polar surface area (TPSA) is 55.0 Å². The van der Waals surface area contributed by atoms with Gasteiger partial charge in [-0.15, -0.1) is 11.3 Å². The zero-order valence-electron chi connectivity index (χ0n) is 10.1. The van der Waals surface area contributed by atoms with E-state index >= 15 is 0 Å². The van der Waals surface area contributed by atoms with Crippen LogP contribution in [0.25, 0.3) is 0 Å². The molecule has 0 aromatic carbocycles. The van der Waals surface area contributed by atoms with Crippen molar-refractivity contribution in [3.8, 4) is 0 Å². The van der Waals surface area contributed by atoms with Crippen molar-refractivity contribution in [1.29, 1.82) is 0 Å². The SMILES string of the molecule is Cc1ncsc1CN(C)c1ccncc1CN. The third-order valence-electron chi connectivity index (χ3n) is 2.73. The summed E-state index contributed by atoms with van der Waals surface area (Å²) >= 11 is 1.69. The first-order chi connectivity index (χ1) is 8.22. The second kappa shape index (κ2) is 5.25. The minimum absolute atomic E-state index is 0.509. The van der Waals surface area contributed by atoms with Crippen molar-refractivity contribution < 1.29 is 0 Å². The minimum Gasteiger partial charge on any atom is -0.369 e. The molecule has 0 aliphatic rings. The first kappa shape index (κ1) is 12.0. The quantitative estimate of drug-likeness (QED) is 0.898. The van der Waals surface area contributed by atoms with Crippen LogP contribution in [-0.2, 0) is 13.1 Å². The van der Waals surface area contributed by atoms with Crippen molar-refractivity contribution in [3.05, 3.63) is 40.1 Å². The van der Waals surface area contributed by atoms with Gasteiger partial charge in [-0.25, -0.2) is 4.98 Å². The Bertz CT molecular complexity index is 495. The molecule has 4 nitrogen and oxygen atoms in total. The van der Waals surface area contributed by atoms with Gasteiger partial charge in [0, 0.05) is 42.1 Å². The normalized spacial score (nSPS) is 10.5. The largest absolute Gasteiger partial charge is 0.369 e. The number of nitrogens with zero attached hydrogens (tertiary/aromatic N) is 3. The van der Waals surface area contributed by atoms with E-state index in [4.69, 9.17) is 5.73 Å². The Morgan fingerprint density at radius 3 is 2.94 bits per heavy atom. The average Bonchev–Trinajstić information content (AvgIpc) is 2.75. The first-order valence-corrected chi connectivity index (χ1v) is 6.33. The van der Waals surface area contributed by atoms with Gasteiger partial charge in [0.2, 0.25) is 0 Å². The van der Waals surface area contributed by atoms with E-state index < -0.39 is 0 Å². The van der Waals surface area contributed by atoms with Crippen molar-refractivity contribution in [2.75, 3.05) is 11.9 Å². The summed E-state index contributed by atoms with van der Waals surface area (Å²) in [5, 5.41) is 0. The molecule has 90 valence electrons. The minimum atomic E-state index is 0.509. The molecule has 2 N–H and O–H groups in total. The lowest BCUT2D eigenvalue weighted by atomic mass is 10.2. The fourth-order valence-electron chi connectivity index (χ4n) is 1.73. The van der Waals surface area contributed by atoms with E-state index in [0.717, 1.165) is 23.5 Å². The predicted molar refractivity (Wildman–Crippen MR) is 71.1 cm³/mol. The van der Waals surface area contributed by atoms with Crippen molar-refractivity contribution in [2.45, 2.75) is 20.0 Å². The van der Waals surface area contributed by atoms with Crippen LogP contribution in [0, 0.1) is 6.92 Å². The number of rotatable bonds is 4. The van der Waals surface area contributed by atoms with Gasteiger partial charge in [-0.2, -0.15) is 0 Å². The molecule has 0 atom stereocenters. The number of anilines is 1. The van der Waals surface area contributed by atoms with Crippen LogP contribution in [0.1, 0.15) is 16.1 Å². The molecule has 0 spiro atoms. The van der Waals surface area contributed by atoms with Crippen LogP contribution in [-0.4, -0.2) is 17.0 Å². The summed E-state index contributed by atoms with van der Waals surface area (Å²) in [7, 11) is 2.06. The van der Waals surface area contributed by atoms with Crippen molar-refractivity contribution in [2.24, 2.45) is 5.73 Å². The predicted octanol–water partition coefficient (Wildman–Crippen LogP) is 1.94. The zero-order valence-corrected chi connectivity index (χ0v) is 10.9. The number of aryl methyl sites for hydroxylation is 1. The molecule has 2 aromatic rings. The second-order valence-electron chi connectivity index (χ2n) is 3.93. The van der Waals surface area contributed by atoms with Gasteiger partial charge in [0.1, 0.15) is 0 Å². The smallest absolute Gasteiger partial charge is 0.0798 e. The van der Waals surface area contributed by atoms with Gasteiger partial charge in [-0.3, -0.25) is 4.98 Å². The van der Waals surface area contributed by atoms with Gasteiger partial charge in [-0.05, 0) is 13.0 Å². The van der Waals surface area contributed by atoms with E-state index in [2.05, 4.69) is 21.9 Å². The molecule has 0 saturated carbocycles. The number of pyridine rings is 1. The molecule has 0 fully saturated rings. The number of nitrogens with two attached hydrogens (primary N) is 1. The molecule has 0 bridgehead atoms. The number of thiazole rings is 1. The van der Waals surface area contributed by atoms with Crippen LogP contribution in [0.15, 0.2) is 24.0 Å². The molecule has 5 heteroatoms. The van der Waals surface area contributed by atoms with Crippen LogP contribution in [0.3, 0.4) is 0 Å².